The summed E-state index contributed by atoms with van der Waals surface area (Å²) in [6, 6.07) is 10.3. The minimum absolute atomic E-state index is 0. The molecule has 0 atom stereocenters. The number of hydrogen-bond acceptors (Lipinski definition) is 0. The molecule has 1 aromatic rings. The number of hydrogen-bond donors (Lipinski definition) is 0. The minimum Gasteiger partial charge on any atom is -0.0622 e. The van der Waals surface area contributed by atoms with Crippen molar-refractivity contribution in [3.8, 4) is 0 Å². The second-order valence-corrected chi connectivity index (χ2v) is 1.65. The summed E-state index contributed by atoms with van der Waals surface area (Å²) >= 11 is 0. The van der Waals surface area contributed by atoms with Crippen LogP contribution in [0, 0.1) is 6.92 Å². The van der Waals surface area contributed by atoms with Crippen molar-refractivity contribution in [1.29, 1.82) is 0 Å². The molecule has 0 spiro atoms. The Morgan fingerprint density at radius 3 is 1.75 bits per heavy atom. The van der Waals surface area contributed by atoms with Crippen LogP contribution in [0.25, 0.3) is 0 Å². The van der Waals surface area contributed by atoms with E-state index in [-0.39, 0.29) is 22.4 Å². The van der Waals surface area contributed by atoms with Crippen LogP contribution in [0.1, 0.15) is 5.56 Å². The van der Waals surface area contributed by atoms with Crippen molar-refractivity contribution in [3.63, 3.8) is 0 Å². The summed E-state index contributed by atoms with van der Waals surface area (Å²) in [6.45, 7) is 2.08. The Balaban J connectivity index is 0.000000490. The van der Waals surface area contributed by atoms with Gasteiger partial charge in [-0.2, -0.15) is 0 Å². The topological polar surface area (TPSA) is 0 Å². The van der Waals surface area contributed by atoms with E-state index < -0.39 is 0 Å². The van der Waals surface area contributed by atoms with Crippen molar-refractivity contribution in [3.05, 3.63) is 35.9 Å². The number of rotatable bonds is 0. The van der Waals surface area contributed by atoms with Gasteiger partial charge in [0.1, 0.15) is 0 Å². The van der Waals surface area contributed by atoms with E-state index in [1.165, 1.54) is 5.56 Å². The second kappa shape index (κ2) is 3.90. The van der Waals surface area contributed by atoms with Crippen molar-refractivity contribution < 1.29 is 22.4 Å². The molecule has 0 aliphatic carbocycles. The summed E-state index contributed by atoms with van der Waals surface area (Å²) in [5, 5.41) is 0. The van der Waals surface area contributed by atoms with Gasteiger partial charge in [0.15, 0.2) is 0 Å². The van der Waals surface area contributed by atoms with Crippen LogP contribution in [0.3, 0.4) is 0 Å². The number of benzene rings is 1. The molecule has 8 heavy (non-hydrogen) atoms. The van der Waals surface area contributed by atoms with Gasteiger partial charge in [-0.15, -0.1) is 0 Å². The molecule has 0 saturated carbocycles. The summed E-state index contributed by atoms with van der Waals surface area (Å²) in [5.74, 6) is 0. The normalized spacial score (nSPS) is 7.62. The van der Waals surface area contributed by atoms with Crippen molar-refractivity contribution in [2.24, 2.45) is 0 Å². The third-order valence-corrected chi connectivity index (χ3v) is 0.940. The minimum atomic E-state index is 0. The third-order valence-electron chi connectivity index (χ3n) is 0.940. The molecule has 46 valence electrons. The summed E-state index contributed by atoms with van der Waals surface area (Å²) < 4.78 is 0. The van der Waals surface area contributed by atoms with Crippen molar-refractivity contribution in [2.45, 2.75) is 6.92 Å². The van der Waals surface area contributed by atoms with Gasteiger partial charge in [-0.3, -0.25) is 0 Å². The van der Waals surface area contributed by atoms with Crippen LogP contribution in [0.5, 0.6) is 0 Å². The molecule has 0 N–H and O–H groups in total. The zero-order valence-electron chi connectivity index (χ0n) is 4.69. The quantitative estimate of drug-likeness (QED) is 0.561. The van der Waals surface area contributed by atoms with E-state index in [0.717, 1.165) is 0 Å². The van der Waals surface area contributed by atoms with Gasteiger partial charge in [0, 0.05) is 0 Å². The number of aryl methyl sites for hydroxylation is 1. The summed E-state index contributed by atoms with van der Waals surface area (Å²) in [4.78, 5) is 0. The molecule has 0 nitrogen and oxygen atoms in total. The Morgan fingerprint density at radius 1 is 1.00 bits per heavy atom. The third kappa shape index (κ3) is 2.31. The molecule has 0 aliphatic heterocycles. The van der Waals surface area contributed by atoms with Crippen LogP contribution >= 0.6 is 0 Å². The molecular weight excluding hydrogens is 192 g/mol. The van der Waals surface area contributed by atoms with Crippen LogP contribution in [0.15, 0.2) is 30.3 Å². The molecule has 0 aromatic heterocycles. The summed E-state index contributed by atoms with van der Waals surface area (Å²) in [5.41, 5.74) is 1.32. The fourth-order valence-corrected chi connectivity index (χ4v) is 0.534. The zero-order chi connectivity index (χ0) is 5.11. The molecule has 0 unspecified atom stereocenters. The Kier molecular flexibility index (Phi) is 3.88. The van der Waals surface area contributed by atoms with Crippen molar-refractivity contribution in [1.82, 2.24) is 0 Å². The van der Waals surface area contributed by atoms with Crippen molar-refractivity contribution in [2.75, 3.05) is 0 Å². The average molecular weight is 200 g/mol. The maximum absolute atomic E-state index is 2.08. The maximum atomic E-state index is 2.08. The molecule has 0 heterocycles. The zero-order valence-corrected chi connectivity index (χ0v) is 6.17. The molecule has 0 saturated heterocycles. The molecule has 1 rings (SSSR count). The summed E-state index contributed by atoms with van der Waals surface area (Å²) in [6.07, 6.45) is 0. The van der Waals surface area contributed by atoms with Crippen LogP contribution in [0.2, 0.25) is 0 Å². The SMILES string of the molecule is Cc1ccccc1.[Ag+]. The van der Waals surface area contributed by atoms with Crippen LogP contribution in [-0.4, -0.2) is 0 Å². The van der Waals surface area contributed by atoms with Gasteiger partial charge >= 0.3 is 22.4 Å². The van der Waals surface area contributed by atoms with Crippen LogP contribution < -0.4 is 0 Å². The van der Waals surface area contributed by atoms with E-state index in [1.807, 2.05) is 18.2 Å². The molecule has 1 aromatic carbocycles. The predicted octanol–water partition coefficient (Wildman–Crippen LogP) is 1.99. The van der Waals surface area contributed by atoms with Crippen LogP contribution in [0.4, 0.5) is 0 Å². The van der Waals surface area contributed by atoms with Gasteiger partial charge in [-0.1, -0.05) is 35.9 Å². The Labute approximate surface area is 65.4 Å². The first-order chi connectivity index (χ1) is 3.39. The van der Waals surface area contributed by atoms with Crippen molar-refractivity contribution >= 4 is 0 Å². The smallest absolute Gasteiger partial charge is 0.0622 e. The molecule has 0 radical (unpaired) electrons. The van der Waals surface area contributed by atoms with E-state index in [1.54, 1.807) is 0 Å². The first-order valence-corrected chi connectivity index (χ1v) is 2.41. The van der Waals surface area contributed by atoms with Gasteiger partial charge < -0.3 is 0 Å². The van der Waals surface area contributed by atoms with Crippen LogP contribution in [-0.2, 0) is 22.4 Å². The Bertz CT molecular complexity index is 134. The molecule has 1 heteroatoms. The molecule has 0 bridgehead atoms. The fraction of sp³-hybridized carbons (Fsp3) is 0.143. The average Bonchev–Trinajstić information content (AvgIpc) is 1.69. The second-order valence-electron chi connectivity index (χ2n) is 1.65. The Morgan fingerprint density at radius 2 is 1.50 bits per heavy atom. The van der Waals surface area contributed by atoms with E-state index in [9.17, 15) is 0 Å². The first kappa shape index (κ1) is 7.96. The molecule has 0 fully saturated rings. The Hall–Kier alpha value is -0.0397. The molecule has 0 aliphatic rings. The van der Waals surface area contributed by atoms with Gasteiger partial charge in [-0.25, -0.2) is 0 Å². The van der Waals surface area contributed by atoms with E-state index >= 15 is 0 Å². The maximum Gasteiger partial charge on any atom is 1.00 e. The van der Waals surface area contributed by atoms with Gasteiger partial charge in [0.05, 0.1) is 0 Å². The largest absolute Gasteiger partial charge is 1.00 e. The van der Waals surface area contributed by atoms with Gasteiger partial charge in [-0.05, 0) is 6.92 Å². The van der Waals surface area contributed by atoms with E-state index in [0.29, 0.717) is 0 Å². The monoisotopic (exact) mass is 199 g/mol. The predicted molar refractivity (Wildman–Crippen MR) is 31.2 cm³/mol. The standard InChI is InChI=1S/C7H8.Ag/c1-7-5-3-2-4-6-7;/h2-6H,1H3;/q;+1. The van der Waals surface area contributed by atoms with Gasteiger partial charge in [0.2, 0.25) is 0 Å². The first-order valence-electron chi connectivity index (χ1n) is 2.41. The summed E-state index contributed by atoms with van der Waals surface area (Å²) in [7, 11) is 0. The van der Waals surface area contributed by atoms with Gasteiger partial charge in [0.25, 0.3) is 0 Å². The molecule has 0 amide bonds. The molecular formula is C7H8Ag+. The van der Waals surface area contributed by atoms with E-state index in [4.69, 9.17) is 0 Å². The fourth-order valence-electron chi connectivity index (χ4n) is 0.534. The van der Waals surface area contributed by atoms with E-state index in [2.05, 4.69) is 19.1 Å².